The molecule has 0 radical (unpaired) electrons. The van der Waals surface area contributed by atoms with Gasteiger partial charge in [0.1, 0.15) is 5.84 Å². The number of Topliss-reactive ketones (excluding diaryl/α,β-unsaturated/α-hetero) is 1. The van der Waals surface area contributed by atoms with E-state index in [-0.39, 0.29) is 89.7 Å². The molecule has 2 aromatic carbocycles. The number of carbonyl (C=O) groups excluding carboxylic acids is 1. The zero-order valence-corrected chi connectivity index (χ0v) is 27.2. The van der Waals surface area contributed by atoms with Gasteiger partial charge in [-0.05, 0) is 49.4 Å². The Bertz CT molecular complexity index is 1480. The molecular weight excluding hydrogens is 633 g/mol. The molecule has 0 atom stereocenters. The molecular formula is C29H37BrFN3O7S. The van der Waals surface area contributed by atoms with Crippen molar-refractivity contribution in [1.82, 2.24) is 4.90 Å². The second-order valence-electron chi connectivity index (χ2n) is 10.5. The van der Waals surface area contributed by atoms with Crippen LogP contribution in [0.4, 0.5) is 4.39 Å². The van der Waals surface area contributed by atoms with Crippen molar-refractivity contribution in [3.05, 3.63) is 46.3 Å². The number of rotatable bonds is 13. The Kier molecular flexibility index (Phi) is 11.8. The summed E-state index contributed by atoms with van der Waals surface area (Å²) in [4.78, 5) is 15.0. The predicted molar refractivity (Wildman–Crippen MR) is 162 cm³/mol. The van der Waals surface area contributed by atoms with Crippen molar-refractivity contribution in [3.63, 3.8) is 0 Å². The van der Waals surface area contributed by atoms with Gasteiger partial charge in [0.2, 0.25) is 0 Å². The number of ketones is 1. The molecule has 1 aliphatic rings. The van der Waals surface area contributed by atoms with Crippen LogP contribution in [-0.4, -0.2) is 57.6 Å². The van der Waals surface area contributed by atoms with Gasteiger partial charge in [-0.1, -0.05) is 20.8 Å². The number of benzene rings is 2. The summed E-state index contributed by atoms with van der Waals surface area (Å²) >= 11 is 0. The summed E-state index contributed by atoms with van der Waals surface area (Å²) in [6.07, 6.45) is 1.54. The molecule has 230 valence electrons. The zero-order chi connectivity index (χ0) is 30.5. The van der Waals surface area contributed by atoms with Crippen LogP contribution in [0.5, 0.6) is 23.0 Å². The molecule has 42 heavy (non-hydrogen) atoms. The van der Waals surface area contributed by atoms with Crippen LogP contribution in [-0.2, 0) is 22.1 Å². The van der Waals surface area contributed by atoms with Crippen LogP contribution < -0.4 is 18.4 Å². The van der Waals surface area contributed by atoms with E-state index >= 15 is 4.39 Å². The lowest BCUT2D eigenvalue weighted by Crippen LogP contribution is -2.31. The van der Waals surface area contributed by atoms with E-state index in [4.69, 9.17) is 29.1 Å². The molecule has 0 amide bonds. The SMILES string of the molecule is Br.CCOc1cc2c(c(F)c1OCC)C(=N)N(CC(=O)c1cc(OCCCC#N)c(OS(C)(=O)=O)c(C(C)(C)C)c1)C2. The number of carbonyl (C=O) groups is 1. The third-order valence-corrected chi connectivity index (χ3v) is 6.69. The first-order valence-electron chi connectivity index (χ1n) is 13.3. The second-order valence-corrected chi connectivity index (χ2v) is 12.1. The maximum Gasteiger partial charge on any atom is 0.306 e. The lowest BCUT2D eigenvalue weighted by atomic mass is 9.84. The summed E-state index contributed by atoms with van der Waals surface area (Å²) in [5.74, 6) is -1.06. The van der Waals surface area contributed by atoms with Crippen LogP contribution >= 0.6 is 17.0 Å². The molecule has 13 heteroatoms. The highest BCUT2D eigenvalue weighted by atomic mass is 79.9. The molecule has 0 aliphatic carbocycles. The minimum atomic E-state index is -3.94. The lowest BCUT2D eigenvalue weighted by molar-refractivity contribution is 0.0962. The lowest BCUT2D eigenvalue weighted by Gasteiger charge is -2.25. The van der Waals surface area contributed by atoms with Gasteiger partial charge < -0.3 is 23.3 Å². The van der Waals surface area contributed by atoms with Crippen molar-refractivity contribution in [2.45, 2.75) is 59.4 Å². The number of halogens is 2. The minimum absolute atomic E-state index is 0. The Labute approximate surface area is 257 Å². The van der Waals surface area contributed by atoms with Crippen molar-refractivity contribution in [2.24, 2.45) is 0 Å². The summed E-state index contributed by atoms with van der Waals surface area (Å²) in [6.45, 7) is 9.49. The summed E-state index contributed by atoms with van der Waals surface area (Å²) in [5, 5.41) is 17.5. The fourth-order valence-corrected chi connectivity index (χ4v) is 4.90. The summed E-state index contributed by atoms with van der Waals surface area (Å²) in [5.41, 5.74) is 0.545. The molecule has 2 aromatic rings. The van der Waals surface area contributed by atoms with Gasteiger partial charge in [-0.25, -0.2) is 4.39 Å². The standard InChI is InChI=1S/C29H36FN3O7S.BrH/c1-7-37-23-15-19-16-33(28(32)24(19)25(30)27(23)38-8-2)17-21(34)18-13-20(29(3,4)5)26(40-41(6,35)36)22(14-18)39-12-10-9-11-31;/h13-15,32H,7-10,12,16-17H2,1-6H3;1H. The van der Waals surface area contributed by atoms with Crippen molar-refractivity contribution >= 4 is 38.7 Å². The second kappa shape index (κ2) is 14.2. The van der Waals surface area contributed by atoms with E-state index in [1.165, 1.54) is 11.0 Å². The van der Waals surface area contributed by atoms with E-state index < -0.39 is 27.1 Å². The molecule has 1 N–H and O–H groups in total. The number of nitriles is 1. The summed E-state index contributed by atoms with van der Waals surface area (Å²) in [6, 6.07) is 6.61. The highest BCUT2D eigenvalue weighted by molar-refractivity contribution is 8.93. The van der Waals surface area contributed by atoms with Crippen molar-refractivity contribution in [1.29, 1.82) is 10.7 Å². The molecule has 0 spiro atoms. The van der Waals surface area contributed by atoms with Gasteiger partial charge in [0.25, 0.3) is 0 Å². The van der Waals surface area contributed by atoms with Gasteiger partial charge in [-0.15, -0.1) is 17.0 Å². The average Bonchev–Trinajstić information content (AvgIpc) is 3.18. The van der Waals surface area contributed by atoms with Gasteiger partial charge in [0.15, 0.2) is 34.6 Å². The van der Waals surface area contributed by atoms with E-state index in [9.17, 15) is 13.2 Å². The van der Waals surface area contributed by atoms with Crippen LogP contribution in [0.25, 0.3) is 0 Å². The topological polar surface area (TPSA) is 139 Å². The molecule has 0 saturated carbocycles. The Hall–Kier alpha value is -3.37. The van der Waals surface area contributed by atoms with Crippen molar-refractivity contribution in [3.8, 4) is 29.1 Å². The van der Waals surface area contributed by atoms with Gasteiger partial charge in [0.05, 0.1) is 44.3 Å². The van der Waals surface area contributed by atoms with E-state index in [1.807, 2.05) is 26.8 Å². The fourth-order valence-electron chi connectivity index (χ4n) is 4.42. The first-order chi connectivity index (χ1) is 19.2. The molecule has 0 aromatic heterocycles. The van der Waals surface area contributed by atoms with Crippen LogP contribution in [0.2, 0.25) is 0 Å². The molecule has 0 unspecified atom stereocenters. The van der Waals surface area contributed by atoms with Crippen molar-refractivity contribution < 1.29 is 36.0 Å². The number of fused-ring (bicyclic) bond motifs is 1. The highest BCUT2D eigenvalue weighted by Gasteiger charge is 2.34. The minimum Gasteiger partial charge on any atom is -0.490 e. The highest BCUT2D eigenvalue weighted by Crippen LogP contribution is 2.42. The number of nitrogens with one attached hydrogen (secondary N) is 1. The van der Waals surface area contributed by atoms with E-state index in [2.05, 4.69) is 0 Å². The first kappa shape index (κ1) is 34.8. The Morgan fingerprint density at radius 3 is 2.31 bits per heavy atom. The molecule has 0 saturated heterocycles. The third-order valence-electron chi connectivity index (χ3n) is 6.22. The van der Waals surface area contributed by atoms with Crippen LogP contribution in [0, 0.1) is 22.6 Å². The Morgan fingerprint density at radius 1 is 1.10 bits per heavy atom. The van der Waals surface area contributed by atoms with Crippen LogP contribution in [0.1, 0.15) is 74.5 Å². The Balaban J connectivity index is 0.00000616. The Morgan fingerprint density at radius 2 is 1.74 bits per heavy atom. The average molecular weight is 671 g/mol. The van der Waals surface area contributed by atoms with Crippen LogP contribution in [0.15, 0.2) is 18.2 Å². The fraction of sp³-hybridized carbons (Fsp3) is 0.483. The van der Waals surface area contributed by atoms with Crippen molar-refractivity contribution in [2.75, 3.05) is 32.6 Å². The van der Waals surface area contributed by atoms with Crippen LogP contribution in [0.3, 0.4) is 0 Å². The van der Waals surface area contributed by atoms with E-state index in [0.29, 0.717) is 24.2 Å². The maximum atomic E-state index is 15.5. The summed E-state index contributed by atoms with van der Waals surface area (Å²) < 4.78 is 61.8. The number of ether oxygens (including phenoxy) is 3. The van der Waals surface area contributed by atoms with E-state index in [0.717, 1.165) is 6.26 Å². The number of unbranched alkanes of at least 4 members (excludes halogenated alkanes) is 1. The molecule has 0 fully saturated rings. The largest absolute Gasteiger partial charge is 0.490 e. The molecule has 0 bridgehead atoms. The van der Waals surface area contributed by atoms with Gasteiger partial charge in [0, 0.05) is 24.1 Å². The molecule has 1 aliphatic heterocycles. The third kappa shape index (κ3) is 8.13. The zero-order valence-electron chi connectivity index (χ0n) is 24.6. The van der Waals surface area contributed by atoms with E-state index in [1.54, 1.807) is 26.0 Å². The molecule has 3 rings (SSSR count). The number of hydrogen-bond acceptors (Lipinski definition) is 9. The molecule has 1 heterocycles. The smallest absolute Gasteiger partial charge is 0.306 e. The monoisotopic (exact) mass is 669 g/mol. The predicted octanol–water partition coefficient (Wildman–Crippen LogP) is 5.54. The maximum absolute atomic E-state index is 15.5. The number of amidine groups is 1. The van der Waals surface area contributed by atoms with Gasteiger partial charge in [-0.3, -0.25) is 10.2 Å². The number of hydrogen-bond donors (Lipinski definition) is 1. The summed E-state index contributed by atoms with van der Waals surface area (Å²) in [7, 11) is -3.94. The first-order valence-corrected chi connectivity index (χ1v) is 15.1. The van der Waals surface area contributed by atoms with Gasteiger partial charge in [-0.2, -0.15) is 13.7 Å². The number of nitrogens with zero attached hydrogens (tertiary/aromatic N) is 2. The molecule has 10 nitrogen and oxygen atoms in total. The van der Waals surface area contributed by atoms with Gasteiger partial charge >= 0.3 is 10.1 Å². The normalized spacial score (nSPS) is 12.7. The quantitative estimate of drug-likeness (QED) is 0.165.